The molecule has 1 atom stereocenters. The van der Waals surface area contributed by atoms with Crippen molar-refractivity contribution in [2.75, 3.05) is 13.1 Å². The fourth-order valence-electron chi connectivity index (χ4n) is 2.68. The number of piperidine rings is 1. The number of hydrogen-bond acceptors (Lipinski definition) is 4. The van der Waals surface area contributed by atoms with Crippen molar-refractivity contribution in [3.05, 3.63) is 35.7 Å². The molecule has 2 heterocycles. The van der Waals surface area contributed by atoms with Gasteiger partial charge in [-0.3, -0.25) is 4.79 Å². The van der Waals surface area contributed by atoms with Crippen molar-refractivity contribution in [1.82, 2.24) is 15.1 Å². The number of rotatable bonds is 2. The largest absolute Gasteiger partial charge is 0.420 e. The molecule has 0 bridgehead atoms. The van der Waals surface area contributed by atoms with E-state index in [0.717, 1.165) is 24.9 Å². The van der Waals surface area contributed by atoms with Crippen LogP contribution in [0.4, 0.5) is 0 Å². The molecule has 1 aromatic carbocycles. The molecule has 1 aliphatic rings. The number of benzene rings is 1. The Balaban J connectivity index is 1.78. The van der Waals surface area contributed by atoms with E-state index in [1.54, 1.807) is 6.92 Å². The van der Waals surface area contributed by atoms with Gasteiger partial charge in [-0.1, -0.05) is 17.7 Å². The Bertz CT molecular complexity index is 633. The van der Waals surface area contributed by atoms with Crippen LogP contribution in [0.2, 0.25) is 0 Å². The number of hydrogen-bond donors (Lipinski definition) is 0. The standard InChI is InChI=1S/C16H19N3O2/c1-11-5-7-13(8-6-11)15-17-18-16(21-15)14-4-3-9-19(10-14)12(2)20/h5-8,14H,3-4,9-10H2,1-2H3. The molecule has 110 valence electrons. The molecule has 1 saturated heterocycles. The molecular weight excluding hydrogens is 266 g/mol. The second-order valence-corrected chi connectivity index (χ2v) is 5.62. The van der Waals surface area contributed by atoms with Crippen LogP contribution in [-0.2, 0) is 4.79 Å². The molecule has 2 aromatic rings. The summed E-state index contributed by atoms with van der Waals surface area (Å²) in [5.74, 6) is 1.44. The van der Waals surface area contributed by atoms with Gasteiger partial charge in [-0.15, -0.1) is 10.2 Å². The SMILES string of the molecule is CC(=O)N1CCCC(c2nnc(-c3ccc(C)cc3)o2)C1. The maximum Gasteiger partial charge on any atom is 0.247 e. The van der Waals surface area contributed by atoms with Gasteiger partial charge in [0.25, 0.3) is 0 Å². The van der Waals surface area contributed by atoms with E-state index in [1.165, 1.54) is 5.56 Å². The number of aryl methyl sites for hydroxylation is 1. The Labute approximate surface area is 124 Å². The number of likely N-dealkylation sites (tertiary alicyclic amines) is 1. The summed E-state index contributed by atoms with van der Waals surface area (Å²) >= 11 is 0. The van der Waals surface area contributed by atoms with Crippen molar-refractivity contribution in [2.24, 2.45) is 0 Å². The summed E-state index contributed by atoms with van der Waals surface area (Å²) in [6.07, 6.45) is 1.96. The number of aromatic nitrogens is 2. The van der Waals surface area contributed by atoms with E-state index in [-0.39, 0.29) is 11.8 Å². The minimum atomic E-state index is 0.109. The first-order valence-corrected chi connectivity index (χ1v) is 7.29. The van der Waals surface area contributed by atoms with Crippen LogP contribution in [0.3, 0.4) is 0 Å². The predicted molar refractivity (Wildman–Crippen MR) is 78.7 cm³/mol. The van der Waals surface area contributed by atoms with E-state index in [4.69, 9.17) is 4.42 Å². The molecule has 5 heteroatoms. The first-order valence-electron chi connectivity index (χ1n) is 7.29. The summed E-state index contributed by atoms with van der Waals surface area (Å²) in [5, 5.41) is 8.32. The zero-order chi connectivity index (χ0) is 14.8. The molecule has 0 N–H and O–H groups in total. The van der Waals surface area contributed by atoms with Gasteiger partial charge in [0.05, 0.1) is 5.92 Å². The molecule has 21 heavy (non-hydrogen) atoms. The third-order valence-electron chi connectivity index (χ3n) is 3.96. The molecule has 0 radical (unpaired) electrons. The zero-order valence-electron chi connectivity index (χ0n) is 12.4. The minimum absolute atomic E-state index is 0.109. The zero-order valence-corrected chi connectivity index (χ0v) is 12.4. The van der Waals surface area contributed by atoms with Crippen molar-refractivity contribution in [3.8, 4) is 11.5 Å². The second-order valence-electron chi connectivity index (χ2n) is 5.62. The highest BCUT2D eigenvalue weighted by molar-refractivity contribution is 5.73. The molecule has 5 nitrogen and oxygen atoms in total. The van der Waals surface area contributed by atoms with E-state index in [9.17, 15) is 4.79 Å². The van der Waals surface area contributed by atoms with Gasteiger partial charge in [0, 0.05) is 25.6 Å². The van der Waals surface area contributed by atoms with Crippen LogP contribution in [-0.4, -0.2) is 34.1 Å². The normalized spacial score (nSPS) is 18.8. The van der Waals surface area contributed by atoms with Crippen LogP contribution >= 0.6 is 0 Å². The van der Waals surface area contributed by atoms with E-state index in [1.807, 2.05) is 36.1 Å². The van der Waals surface area contributed by atoms with Gasteiger partial charge in [-0.2, -0.15) is 0 Å². The average Bonchev–Trinajstić information content (AvgIpc) is 2.98. The van der Waals surface area contributed by atoms with Gasteiger partial charge >= 0.3 is 0 Å². The van der Waals surface area contributed by atoms with Crippen LogP contribution in [0.1, 0.15) is 37.1 Å². The lowest BCUT2D eigenvalue weighted by atomic mass is 9.98. The van der Waals surface area contributed by atoms with Crippen molar-refractivity contribution in [3.63, 3.8) is 0 Å². The predicted octanol–water partition coefficient (Wildman–Crippen LogP) is 2.77. The topological polar surface area (TPSA) is 59.2 Å². The highest BCUT2D eigenvalue weighted by Crippen LogP contribution is 2.28. The molecule has 1 amide bonds. The molecule has 1 aromatic heterocycles. The van der Waals surface area contributed by atoms with Crippen molar-refractivity contribution < 1.29 is 9.21 Å². The lowest BCUT2D eigenvalue weighted by Crippen LogP contribution is -2.37. The Morgan fingerprint density at radius 2 is 2.05 bits per heavy atom. The number of carbonyl (C=O) groups excluding carboxylic acids is 1. The molecule has 0 aliphatic carbocycles. The molecule has 3 rings (SSSR count). The Hall–Kier alpha value is -2.17. The van der Waals surface area contributed by atoms with E-state index >= 15 is 0 Å². The van der Waals surface area contributed by atoms with Gasteiger partial charge in [0.2, 0.25) is 17.7 Å². The van der Waals surface area contributed by atoms with Crippen LogP contribution in [0.5, 0.6) is 0 Å². The highest BCUT2D eigenvalue weighted by atomic mass is 16.4. The Kier molecular flexibility index (Phi) is 3.73. The van der Waals surface area contributed by atoms with Crippen LogP contribution in [0, 0.1) is 6.92 Å². The third-order valence-corrected chi connectivity index (χ3v) is 3.96. The summed E-state index contributed by atoms with van der Waals surface area (Å²) in [5.41, 5.74) is 2.13. The van der Waals surface area contributed by atoms with Crippen molar-refractivity contribution >= 4 is 5.91 Å². The lowest BCUT2D eigenvalue weighted by Gasteiger charge is -2.30. The average molecular weight is 285 g/mol. The monoisotopic (exact) mass is 285 g/mol. The molecular formula is C16H19N3O2. The third kappa shape index (κ3) is 2.96. The van der Waals surface area contributed by atoms with Gasteiger partial charge in [0.15, 0.2) is 0 Å². The number of nitrogens with zero attached hydrogens (tertiary/aromatic N) is 3. The lowest BCUT2D eigenvalue weighted by molar-refractivity contribution is -0.130. The van der Waals surface area contributed by atoms with Crippen LogP contribution in [0.15, 0.2) is 28.7 Å². The van der Waals surface area contributed by atoms with Gasteiger partial charge in [0.1, 0.15) is 0 Å². The summed E-state index contributed by atoms with van der Waals surface area (Å²) in [6.45, 7) is 5.14. The van der Waals surface area contributed by atoms with E-state index in [0.29, 0.717) is 18.3 Å². The van der Waals surface area contributed by atoms with Gasteiger partial charge in [-0.05, 0) is 31.9 Å². The first kappa shape index (κ1) is 13.8. The highest BCUT2D eigenvalue weighted by Gasteiger charge is 2.27. The molecule has 1 unspecified atom stereocenters. The minimum Gasteiger partial charge on any atom is -0.420 e. The summed E-state index contributed by atoms with van der Waals surface area (Å²) in [7, 11) is 0. The smallest absolute Gasteiger partial charge is 0.247 e. The molecule has 0 spiro atoms. The second kappa shape index (κ2) is 5.68. The summed E-state index contributed by atoms with van der Waals surface area (Å²) < 4.78 is 5.82. The summed E-state index contributed by atoms with van der Waals surface area (Å²) in [6, 6.07) is 8.01. The number of carbonyl (C=O) groups is 1. The summed E-state index contributed by atoms with van der Waals surface area (Å²) in [4.78, 5) is 13.3. The van der Waals surface area contributed by atoms with Gasteiger partial charge in [-0.25, -0.2) is 0 Å². The van der Waals surface area contributed by atoms with Crippen molar-refractivity contribution in [1.29, 1.82) is 0 Å². The fourth-order valence-corrected chi connectivity index (χ4v) is 2.68. The van der Waals surface area contributed by atoms with Gasteiger partial charge < -0.3 is 9.32 Å². The quantitative estimate of drug-likeness (QED) is 0.851. The van der Waals surface area contributed by atoms with E-state index in [2.05, 4.69) is 10.2 Å². The maximum absolute atomic E-state index is 11.5. The molecule has 0 saturated carbocycles. The molecule has 1 aliphatic heterocycles. The number of amides is 1. The van der Waals surface area contributed by atoms with Crippen LogP contribution < -0.4 is 0 Å². The maximum atomic E-state index is 11.5. The van der Waals surface area contributed by atoms with Crippen molar-refractivity contribution in [2.45, 2.75) is 32.6 Å². The van der Waals surface area contributed by atoms with E-state index < -0.39 is 0 Å². The first-order chi connectivity index (χ1) is 10.1. The fraction of sp³-hybridized carbons (Fsp3) is 0.438. The Morgan fingerprint density at radius 1 is 1.29 bits per heavy atom. The van der Waals surface area contributed by atoms with Crippen LogP contribution in [0.25, 0.3) is 11.5 Å². The Morgan fingerprint density at radius 3 is 2.76 bits per heavy atom. The molecule has 1 fully saturated rings.